The first kappa shape index (κ1) is 71.1. The third kappa shape index (κ3) is 13.9. The van der Waals surface area contributed by atoms with E-state index in [2.05, 4.69) is 149 Å². The topological polar surface area (TPSA) is 170 Å². The van der Waals surface area contributed by atoms with Gasteiger partial charge in [0.05, 0.1) is 22.3 Å². The molecular weight excluding hydrogens is 1240 g/mol. The molecule has 11 rings (SSSR count). The van der Waals surface area contributed by atoms with Gasteiger partial charge in [0.1, 0.15) is 46.0 Å². The predicted molar refractivity (Wildman–Crippen MR) is 408 cm³/mol. The minimum absolute atomic E-state index is 0.00952. The molecule has 0 aliphatic carbocycles. The van der Waals surface area contributed by atoms with Gasteiger partial charge in [0.15, 0.2) is 0 Å². The molecule has 12 nitrogen and oxygen atoms in total. The number of amides is 2. The second-order valence-electron chi connectivity index (χ2n) is 32.0. The minimum Gasteiger partial charge on any atom is -0.478 e. The van der Waals surface area contributed by atoms with E-state index in [0.717, 1.165) is 44.5 Å². The second kappa shape index (κ2) is 26.8. The van der Waals surface area contributed by atoms with E-state index in [9.17, 15) is 19.8 Å². The molecule has 0 radical (unpaired) electrons. The van der Waals surface area contributed by atoms with Crippen LogP contribution in [0.5, 0.6) is 46.0 Å². The molecular formula is C88H94N2O10. The molecule has 11 aromatic carbocycles. The van der Waals surface area contributed by atoms with Crippen LogP contribution < -0.4 is 29.6 Å². The van der Waals surface area contributed by atoms with E-state index in [0.29, 0.717) is 34.4 Å². The van der Waals surface area contributed by atoms with E-state index in [4.69, 9.17) is 18.9 Å². The molecule has 11 aromatic rings. The van der Waals surface area contributed by atoms with E-state index < -0.39 is 23.8 Å². The maximum atomic E-state index is 16.8. The summed E-state index contributed by atoms with van der Waals surface area (Å²) in [6.45, 7) is 42.0. The summed E-state index contributed by atoms with van der Waals surface area (Å²) in [5.41, 5.74) is 7.17. The molecule has 0 atom stereocenters. The number of carboxylic acids is 2. The second-order valence-corrected chi connectivity index (χ2v) is 32.0. The van der Waals surface area contributed by atoms with Gasteiger partial charge in [0, 0.05) is 54.5 Å². The molecule has 2 amide bonds. The Hall–Kier alpha value is -10.2. The van der Waals surface area contributed by atoms with Crippen LogP contribution in [0.25, 0.3) is 43.1 Å². The zero-order valence-corrected chi connectivity index (χ0v) is 61.5. The normalized spacial score (nSPS) is 12.4. The highest BCUT2D eigenvalue weighted by Crippen LogP contribution is 2.57. The first-order chi connectivity index (χ1) is 46.9. The number of carbonyl (C=O) groups excluding carboxylic acids is 2. The van der Waals surface area contributed by atoms with Crippen LogP contribution in [0.2, 0.25) is 0 Å². The lowest BCUT2D eigenvalue weighted by Crippen LogP contribution is -2.20. The van der Waals surface area contributed by atoms with Crippen molar-refractivity contribution in [1.82, 2.24) is 0 Å². The number of para-hydroxylation sites is 2. The van der Waals surface area contributed by atoms with Crippen LogP contribution in [-0.2, 0) is 21.7 Å². The van der Waals surface area contributed by atoms with Crippen molar-refractivity contribution in [2.45, 2.75) is 184 Å². The molecule has 516 valence electrons. The molecule has 0 saturated carbocycles. The van der Waals surface area contributed by atoms with Crippen molar-refractivity contribution in [1.29, 1.82) is 0 Å². The van der Waals surface area contributed by atoms with Crippen LogP contribution in [0, 0.1) is 0 Å². The van der Waals surface area contributed by atoms with Crippen LogP contribution in [0.4, 0.5) is 11.4 Å². The van der Waals surface area contributed by atoms with Crippen molar-refractivity contribution in [2.24, 2.45) is 0 Å². The molecule has 0 aliphatic heterocycles. The van der Waals surface area contributed by atoms with Gasteiger partial charge in [-0.3, -0.25) is 9.59 Å². The molecule has 0 bridgehead atoms. The summed E-state index contributed by atoms with van der Waals surface area (Å²) < 4.78 is 29.2. The number of nitrogens with one attached hydrogen (secondary N) is 2. The SMILES string of the molecule is CC(C)c1cccc(C(C)C)c1NC(=O)c1cc(Oc2ccc(C(C)(C)C)cc2)c2c3c(Oc4ccc(C(C)(C)C)cc4)cc(C(=O)O)c4c(C(=O)O)cc(Oc5ccc(C(C)(C)C)cc5)c(c5c(Oc6ccc(C(C)(C)C)cc6)cc(C(=O)Nc6c(C(C)C)cccc6C(C)C)c1c25)c43. The van der Waals surface area contributed by atoms with Gasteiger partial charge in [-0.15, -0.1) is 0 Å². The largest absolute Gasteiger partial charge is 0.478 e. The fourth-order valence-corrected chi connectivity index (χ4v) is 13.5. The van der Waals surface area contributed by atoms with E-state index in [1.54, 1.807) is 12.1 Å². The number of hydrogen-bond donors (Lipinski definition) is 4. The Kier molecular flexibility index (Phi) is 19.1. The highest BCUT2D eigenvalue weighted by Gasteiger charge is 2.36. The summed E-state index contributed by atoms with van der Waals surface area (Å²) in [7, 11) is 0. The lowest BCUT2D eigenvalue weighted by atomic mass is 9.82. The van der Waals surface area contributed by atoms with Crippen LogP contribution in [0.1, 0.15) is 248 Å². The third-order valence-corrected chi connectivity index (χ3v) is 19.1. The van der Waals surface area contributed by atoms with E-state index in [1.165, 1.54) is 12.1 Å². The molecule has 12 heteroatoms. The monoisotopic (exact) mass is 1340 g/mol. The lowest BCUT2D eigenvalue weighted by molar-refractivity contribution is 0.0695. The highest BCUT2D eigenvalue weighted by molar-refractivity contribution is 6.43. The summed E-state index contributed by atoms with van der Waals surface area (Å²) in [4.78, 5) is 62.3. The zero-order valence-electron chi connectivity index (χ0n) is 61.5. The maximum absolute atomic E-state index is 16.8. The number of fused-ring (bicyclic) bond motifs is 2. The molecule has 4 N–H and O–H groups in total. The van der Waals surface area contributed by atoms with Crippen molar-refractivity contribution in [3.63, 3.8) is 0 Å². The molecule has 0 fully saturated rings. The molecule has 100 heavy (non-hydrogen) atoms. The standard InChI is InChI=1S/C88H94N2O10/c1-47(2)59-23-21-24-60(48(3)4)79(59)89-81(91)63-43-67(97-55-35-27-51(28-36-55)85(9,10)11)73-75-69(99-57-39-31-53(32-40-57)87(15,16)17)45-65(83(93)94)72-66(84(95)96)46-70(100-58-41-33-54(34-42-58)88(18,19)20)76(78(72)75)74-68(98-56-37-29-52(30-38-56)86(12,13)14)44-64(71(63)77(73)74)82(92)90-80-61(49(5)6)25-22-26-62(80)50(7)8/h21-50H,1-20H3,(H,89,91)(H,90,92)(H,93,94)(H,95,96). The van der Waals surface area contributed by atoms with Crippen LogP contribution in [0.3, 0.4) is 0 Å². The lowest BCUT2D eigenvalue weighted by Gasteiger charge is -2.27. The quantitative estimate of drug-likeness (QED) is 0.0479. The number of benzene rings is 11. The summed E-state index contributed by atoms with van der Waals surface area (Å²) in [5.74, 6) is -2.64. The predicted octanol–water partition coefficient (Wildman–Crippen LogP) is 24.5. The highest BCUT2D eigenvalue weighted by atomic mass is 16.5. The number of aromatic carboxylic acids is 2. The first-order valence-corrected chi connectivity index (χ1v) is 34.8. The van der Waals surface area contributed by atoms with Crippen molar-refractivity contribution < 1.29 is 48.3 Å². The molecule has 0 aromatic heterocycles. The zero-order chi connectivity index (χ0) is 72.6. The molecule has 0 heterocycles. The fraction of sp³-hybridized carbons (Fsp3) is 0.318. The Morgan fingerprint density at radius 1 is 0.300 bits per heavy atom. The summed E-state index contributed by atoms with van der Waals surface area (Å²) in [6.07, 6.45) is 0. The van der Waals surface area contributed by atoms with Gasteiger partial charge in [-0.2, -0.15) is 0 Å². The van der Waals surface area contributed by atoms with Crippen molar-refractivity contribution >= 4 is 78.2 Å². The number of carbonyl (C=O) groups is 4. The van der Waals surface area contributed by atoms with Gasteiger partial charge in [0.2, 0.25) is 0 Å². The fourth-order valence-electron chi connectivity index (χ4n) is 13.5. The summed E-state index contributed by atoms with van der Waals surface area (Å²) in [5, 5.41) is 31.5. The first-order valence-electron chi connectivity index (χ1n) is 34.8. The smallest absolute Gasteiger partial charge is 0.336 e. The van der Waals surface area contributed by atoms with Gasteiger partial charge < -0.3 is 39.8 Å². The number of carboxylic acid groups (broad SMARTS) is 2. The Bertz CT molecular complexity index is 4630. The Morgan fingerprint density at radius 2 is 0.510 bits per heavy atom. The van der Waals surface area contributed by atoms with Gasteiger partial charge >= 0.3 is 11.9 Å². The van der Waals surface area contributed by atoms with E-state index in [-0.39, 0.29) is 134 Å². The molecule has 0 saturated heterocycles. The maximum Gasteiger partial charge on any atom is 0.336 e. The summed E-state index contributed by atoms with van der Waals surface area (Å²) in [6, 6.07) is 48.5. The Labute approximate surface area is 588 Å². The molecule has 0 aliphatic rings. The van der Waals surface area contributed by atoms with Crippen molar-refractivity contribution in [2.75, 3.05) is 10.6 Å². The molecule has 0 unspecified atom stereocenters. The Balaban J connectivity index is 1.44. The molecule has 0 spiro atoms. The van der Waals surface area contributed by atoms with Gasteiger partial charge in [-0.1, -0.05) is 223 Å². The number of hydrogen-bond acceptors (Lipinski definition) is 8. The average molecular weight is 1340 g/mol. The van der Waals surface area contributed by atoms with E-state index >= 15 is 9.59 Å². The number of anilines is 2. The third-order valence-electron chi connectivity index (χ3n) is 19.1. The van der Waals surface area contributed by atoms with Gasteiger partial charge in [-0.25, -0.2) is 9.59 Å². The van der Waals surface area contributed by atoms with Crippen LogP contribution in [-0.4, -0.2) is 34.0 Å². The van der Waals surface area contributed by atoms with Crippen LogP contribution >= 0.6 is 0 Å². The number of ether oxygens (including phenoxy) is 4. The van der Waals surface area contributed by atoms with Crippen molar-refractivity contribution in [3.05, 3.63) is 224 Å². The number of rotatable bonds is 18. The van der Waals surface area contributed by atoms with Gasteiger partial charge in [0.25, 0.3) is 11.8 Å². The minimum atomic E-state index is -1.44. The van der Waals surface area contributed by atoms with Crippen LogP contribution in [0.15, 0.2) is 158 Å². The van der Waals surface area contributed by atoms with Crippen molar-refractivity contribution in [3.8, 4) is 46.0 Å². The average Bonchev–Trinajstić information content (AvgIpc) is 0.680. The Morgan fingerprint density at radius 3 is 0.710 bits per heavy atom. The van der Waals surface area contributed by atoms with Gasteiger partial charge in [-0.05, 0) is 163 Å². The summed E-state index contributed by atoms with van der Waals surface area (Å²) >= 11 is 0. The van der Waals surface area contributed by atoms with E-state index in [1.807, 2.05) is 133 Å².